The van der Waals surface area contributed by atoms with Crippen LogP contribution in [-0.4, -0.2) is 6.04 Å². The van der Waals surface area contributed by atoms with Crippen molar-refractivity contribution in [3.05, 3.63) is 35.4 Å². The molecule has 1 aliphatic rings. The largest absolute Gasteiger partial charge is 0.310 e. The highest BCUT2D eigenvalue weighted by Gasteiger charge is 2.23. The van der Waals surface area contributed by atoms with Gasteiger partial charge in [0.15, 0.2) is 0 Å². The zero-order valence-corrected chi connectivity index (χ0v) is 9.74. The minimum absolute atomic E-state index is 0.582. The molecule has 2 heteroatoms. The SMILES string of the molecule is CC(CC1CC1)NCc1cccc(C#N)c1. The van der Waals surface area contributed by atoms with Crippen LogP contribution < -0.4 is 5.32 Å². The van der Waals surface area contributed by atoms with Crippen LogP contribution in [0.5, 0.6) is 0 Å². The van der Waals surface area contributed by atoms with Crippen LogP contribution in [-0.2, 0) is 6.54 Å². The number of hydrogen-bond acceptors (Lipinski definition) is 2. The third kappa shape index (κ3) is 3.36. The molecule has 0 aromatic heterocycles. The summed E-state index contributed by atoms with van der Waals surface area (Å²) in [6.07, 6.45) is 4.11. The van der Waals surface area contributed by atoms with E-state index in [0.717, 1.165) is 18.0 Å². The van der Waals surface area contributed by atoms with Crippen molar-refractivity contribution < 1.29 is 0 Å². The average Bonchev–Trinajstić information content (AvgIpc) is 3.10. The summed E-state index contributed by atoms with van der Waals surface area (Å²) in [6.45, 7) is 3.11. The van der Waals surface area contributed by atoms with Crippen LogP contribution in [0.4, 0.5) is 0 Å². The fraction of sp³-hybridized carbons (Fsp3) is 0.500. The second-order valence-electron chi connectivity index (χ2n) is 4.77. The molecule has 1 atom stereocenters. The number of nitriles is 1. The Kier molecular flexibility index (Phi) is 3.58. The molecule has 2 rings (SSSR count). The van der Waals surface area contributed by atoms with Gasteiger partial charge in [-0.1, -0.05) is 25.0 Å². The second kappa shape index (κ2) is 5.14. The summed E-state index contributed by atoms with van der Waals surface area (Å²) in [5.41, 5.74) is 1.94. The van der Waals surface area contributed by atoms with Crippen molar-refractivity contribution in [2.75, 3.05) is 0 Å². The average molecular weight is 214 g/mol. The van der Waals surface area contributed by atoms with Crippen LogP contribution in [0.2, 0.25) is 0 Å². The standard InChI is InChI=1S/C14H18N2/c1-11(7-12-5-6-12)16-10-14-4-2-3-13(8-14)9-15/h2-4,8,11-12,16H,5-7,10H2,1H3. The molecular weight excluding hydrogens is 196 g/mol. The summed E-state index contributed by atoms with van der Waals surface area (Å²) in [4.78, 5) is 0. The van der Waals surface area contributed by atoms with Gasteiger partial charge in [0.2, 0.25) is 0 Å². The smallest absolute Gasteiger partial charge is 0.0991 e. The first-order chi connectivity index (χ1) is 7.78. The summed E-state index contributed by atoms with van der Waals surface area (Å²) < 4.78 is 0. The third-order valence-corrected chi connectivity index (χ3v) is 3.09. The van der Waals surface area contributed by atoms with Crippen LogP contribution in [0, 0.1) is 17.2 Å². The Bertz CT molecular complexity index is 388. The first-order valence-corrected chi connectivity index (χ1v) is 6.00. The summed E-state index contributed by atoms with van der Waals surface area (Å²) >= 11 is 0. The topological polar surface area (TPSA) is 35.8 Å². The number of hydrogen-bond donors (Lipinski definition) is 1. The van der Waals surface area contributed by atoms with Crippen molar-refractivity contribution in [1.82, 2.24) is 5.32 Å². The molecule has 0 heterocycles. The van der Waals surface area contributed by atoms with E-state index in [0.29, 0.717) is 6.04 Å². The molecule has 1 aliphatic carbocycles. The molecule has 1 unspecified atom stereocenters. The highest BCUT2D eigenvalue weighted by atomic mass is 14.9. The highest BCUT2D eigenvalue weighted by Crippen LogP contribution is 2.33. The van der Waals surface area contributed by atoms with E-state index in [1.807, 2.05) is 18.2 Å². The lowest BCUT2D eigenvalue weighted by atomic mass is 10.1. The molecule has 84 valence electrons. The first-order valence-electron chi connectivity index (χ1n) is 6.00. The quantitative estimate of drug-likeness (QED) is 0.818. The van der Waals surface area contributed by atoms with E-state index >= 15 is 0 Å². The first kappa shape index (κ1) is 11.2. The van der Waals surface area contributed by atoms with Gasteiger partial charge in [-0.2, -0.15) is 5.26 Å². The lowest BCUT2D eigenvalue weighted by Gasteiger charge is -2.13. The van der Waals surface area contributed by atoms with E-state index in [4.69, 9.17) is 5.26 Å². The maximum atomic E-state index is 8.80. The predicted molar refractivity (Wildman–Crippen MR) is 64.8 cm³/mol. The minimum atomic E-state index is 0.582. The zero-order chi connectivity index (χ0) is 11.4. The van der Waals surface area contributed by atoms with Gasteiger partial charge in [-0.3, -0.25) is 0 Å². The number of nitrogens with one attached hydrogen (secondary N) is 1. The van der Waals surface area contributed by atoms with Gasteiger partial charge in [0.1, 0.15) is 0 Å². The maximum absolute atomic E-state index is 8.80. The van der Waals surface area contributed by atoms with Gasteiger partial charge in [0.05, 0.1) is 11.6 Å². The van der Waals surface area contributed by atoms with Crippen LogP contribution in [0.15, 0.2) is 24.3 Å². The molecule has 2 nitrogen and oxygen atoms in total. The molecule has 1 N–H and O–H groups in total. The van der Waals surface area contributed by atoms with Crippen LogP contribution in [0.1, 0.15) is 37.3 Å². The third-order valence-electron chi connectivity index (χ3n) is 3.09. The Labute approximate surface area is 97.3 Å². The Morgan fingerprint density at radius 2 is 2.31 bits per heavy atom. The van der Waals surface area contributed by atoms with Gasteiger partial charge in [-0.25, -0.2) is 0 Å². The molecule has 0 radical (unpaired) electrons. The summed E-state index contributed by atoms with van der Waals surface area (Å²) in [6, 6.07) is 10.6. The zero-order valence-electron chi connectivity index (χ0n) is 9.74. The molecule has 0 spiro atoms. The Balaban J connectivity index is 1.81. The Hall–Kier alpha value is -1.33. The van der Waals surface area contributed by atoms with Gasteiger partial charge in [-0.05, 0) is 37.0 Å². The van der Waals surface area contributed by atoms with Crippen molar-refractivity contribution in [2.24, 2.45) is 5.92 Å². The monoisotopic (exact) mass is 214 g/mol. The van der Waals surface area contributed by atoms with Crippen molar-refractivity contribution in [2.45, 2.75) is 38.8 Å². The summed E-state index contributed by atoms with van der Waals surface area (Å²) in [5.74, 6) is 0.966. The van der Waals surface area contributed by atoms with Crippen LogP contribution in [0.3, 0.4) is 0 Å². The Morgan fingerprint density at radius 1 is 1.50 bits per heavy atom. The van der Waals surface area contributed by atoms with Gasteiger partial charge in [0.25, 0.3) is 0 Å². The van der Waals surface area contributed by atoms with Gasteiger partial charge >= 0.3 is 0 Å². The van der Waals surface area contributed by atoms with E-state index < -0.39 is 0 Å². The van der Waals surface area contributed by atoms with E-state index in [-0.39, 0.29) is 0 Å². The molecule has 16 heavy (non-hydrogen) atoms. The molecule has 0 bridgehead atoms. The van der Waals surface area contributed by atoms with Crippen molar-refractivity contribution >= 4 is 0 Å². The van der Waals surface area contributed by atoms with E-state index in [2.05, 4.69) is 24.4 Å². The molecule has 1 aromatic carbocycles. The number of rotatable bonds is 5. The van der Waals surface area contributed by atoms with Crippen LogP contribution >= 0.6 is 0 Å². The number of benzene rings is 1. The molecule has 1 fully saturated rings. The molecule has 1 aromatic rings. The van der Waals surface area contributed by atoms with Gasteiger partial charge in [-0.15, -0.1) is 0 Å². The summed E-state index contributed by atoms with van der Waals surface area (Å²) in [5, 5.41) is 12.3. The maximum Gasteiger partial charge on any atom is 0.0991 e. The molecule has 1 saturated carbocycles. The molecule has 0 amide bonds. The van der Waals surface area contributed by atoms with Crippen LogP contribution in [0.25, 0.3) is 0 Å². The summed E-state index contributed by atoms with van der Waals surface area (Å²) in [7, 11) is 0. The second-order valence-corrected chi connectivity index (χ2v) is 4.77. The minimum Gasteiger partial charge on any atom is -0.310 e. The number of nitrogens with zero attached hydrogens (tertiary/aromatic N) is 1. The van der Waals surface area contributed by atoms with E-state index in [1.165, 1.54) is 24.8 Å². The van der Waals surface area contributed by atoms with Gasteiger partial charge < -0.3 is 5.32 Å². The van der Waals surface area contributed by atoms with Crippen molar-refractivity contribution in [3.63, 3.8) is 0 Å². The van der Waals surface area contributed by atoms with Gasteiger partial charge in [0, 0.05) is 12.6 Å². The van der Waals surface area contributed by atoms with E-state index in [1.54, 1.807) is 0 Å². The predicted octanol–water partition coefficient (Wildman–Crippen LogP) is 2.84. The van der Waals surface area contributed by atoms with Crippen molar-refractivity contribution in [3.8, 4) is 6.07 Å². The fourth-order valence-electron chi connectivity index (χ4n) is 1.98. The normalized spacial score (nSPS) is 16.8. The fourth-order valence-corrected chi connectivity index (χ4v) is 1.98. The molecular formula is C14H18N2. The van der Waals surface area contributed by atoms with Crippen molar-refractivity contribution in [1.29, 1.82) is 5.26 Å². The Morgan fingerprint density at radius 3 is 3.00 bits per heavy atom. The highest BCUT2D eigenvalue weighted by molar-refractivity contribution is 5.32. The lowest BCUT2D eigenvalue weighted by molar-refractivity contribution is 0.487. The van der Waals surface area contributed by atoms with E-state index in [9.17, 15) is 0 Å². The molecule has 0 saturated heterocycles. The molecule has 0 aliphatic heterocycles. The lowest BCUT2D eigenvalue weighted by Crippen LogP contribution is -2.25.